The van der Waals surface area contributed by atoms with Gasteiger partial charge in [-0.2, -0.15) is 0 Å². The van der Waals surface area contributed by atoms with Crippen LogP contribution in [-0.2, 0) is 16.1 Å². The van der Waals surface area contributed by atoms with Crippen molar-refractivity contribution in [1.29, 1.82) is 0 Å². The smallest absolute Gasteiger partial charge is 0.239 e. The van der Waals surface area contributed by atoms with Crippen molar-refractivity contribution in [1.82, 2.24) is 14.7 Å². The van der Waals surface area contributed by atoms with Crippen LogP contribution < -0.4 is 0 Å². The molecule has 1 aromatic rings. The zero-order valence-corrected chi connectivity index (χ0v) is 16.7. The summed E-state index contributed by atoms with van der Waals surface area (Å²) in [5, 5.41) is 0. The van der Waals surface area contributed by atoms with Gasteiger partial charge in [0.25, 0.3) is 0 Å². The molecule has 0 N–H and O–H groups in total. The Morgan fingerprint density at radius 1 is 1.11 bits per heavy atom. The highest BCUT2D eigenvalue weighted by atomic mass is 19.1. The molecular weight excluding hydrogens is 345 g/mol. The van der Waals surface area contributed by atoms with Crippen LogP contribution in [0.2, 0.25) is 0 Å². The Morgan fingerprint density at radius 2 is 1.78 bits per heavy atom. The van der Waals surface area contributed by atoms with Crippen molar-refractivity contribution in [3.05, 3.63) is 35.6 Å². The summed E-state index contributed by atoms with van der Waals surface area (Å²) in [5.74, 6) is 0.0175. The average molecular weight is 378 g/mol. The first-order valence-corrected chi connectivity index (χ1v) is 10.1. The lowest BCUT2D eigenvalue weighted by Gasteiger charge is -2.38. The Morgan fingerprint density at radius 3 is 2.44 bits per heavy atom. The van der Waals surface area contributed by atoms with E-state index < -0.39 is 0 Å². The maximum Gasteiger partial charge on any atom is 0.239 e. The third kappa shape index (κ3) is 5.50. The quantitative estimate of drug-likeness (QED) is 0.807. The van der Waals surface area contributed by atoms with Crippen molar-refractivity contribution < 1.29 is 13.9 Å². The molecule has 0 aromatic heterocycles. The number of nitrogens with zero attached hydrogens (tertiary/aromatic N) is 3. The van der Waals surface area contributed by atoms with E-state index in [1.165, 1.54) is 12.1 Å². The van der Waals surface area contributed by atoms with E-state index in [2.05, 4.69) is 9.80 Å². The molecule has 0 radical (unpaired) electrons. The molecule has 2 saturated heterocycles. The molecule has 3 unspecified atom stereocenters. The van der Waals surface area contributed by atoms with Crippen LogP contribution in [0.1, 0.15) is 32.8 Å². The first-order chi connectivity index (χ1) is 12.9. The van der Waals surface area contributed by atoms with E-state index in [1.54, 1.807) is 0 Å². The molecule has 3 rings (SSSR count). The SMILES string of the molecule is CC1CN(C(=O)C(C)N2CCCN(Cc3ccc(F)cc3)CC2)CC(C)O1. The number of hydrogen-bond acceptors (Lipinski definition) is 4. The third-order valence-corrected chi connectivity index (χ3v) is 5.58. The molecule has 5 nitrogen and oxygen atoms in total. The summed E-state index contributed by atoms with van der Waals surface area (Å²) < 4.78 is 18.8. The Hall–Kier alpha value is -1.50. The molecule has 0 saturated carbocycles. The lowest BCUT2D eigenvalue weighted by atomic mass is 10.1. The van der Waals surface area contributed by atoms with Gasteiger partial charge < -0.3 is 9.64 Å². The number of amides is 1. The minimum Gasteiger partial charge on any atom is -0.372 e. The fraction of sp³-hybridized carbons (Fsp3) is 0.667. The number of carbonyl (C=O) groups excluding carboxylic acids is 1. The Labute approximate surface area is 162 Å². The molecule has 3 atom stereocenters. The largest absolute Gasteiger partial charge is 0.372 e. The summed E-state index contributed by atoms with van der Waals surface area (Å²) in [5.41, 5.74) is 1.13. The van der Waals surface area contributed by atoms with Gasteiger partial charge in [0, 0.05) is 39.3 Å². The van der Waals surface area contributed by atoms with Gasteiger partial charge >= 0.3 is 0 Å². The first-order valence-electron chi connectivity index (χ1n) is 10.1. The van der Waals surface area contributed by atoms with Gasteiger partial charge in [0.2, 0.25) is 5.91 Å². The molecule has 27 heavy (non-hydrogen) atoms. The second-order valence-corrected chi connectivity index (χ2v) is 7.97. The summed E-state index contributed by atoms with van der Waals surface area (Å²) >= 11 is 0. The third-order valence-electron chi connectivity index (χ3n) is 5.58. The lowest BCUT2D eigenvalue weighted by Crippen LogP contribution is -2.54. The van der Waals surface area contributed by atoms with Gasteiger partial charge in [0.05, 0.1) is 18.2 Å². The van der Waals surface area contributed by atoms with Crippen LogP contribution >= 0.6 is 0 Å². The summed E-state index contributed by atoms with van der Waals surface area (Å²) in [6.07, 6.45) is 1.23. The highest BCUT2D eigenvalue weighted by molar-refractivity contribution is 5.81. The number of morpholine rings is 1. The first kappa shape index (κ1) is 20.2. The number of halogens is 1. The van der Waals surface area contributed by atoms with Crippen molar-refractivity contribution in [2.75, 3.05) is 39.3 Å². The standard InChI is InChI=1S/C21H32FN3O2/c1-16-13-25(14-17(2)27-16)21(26)18(3)24-10-4-9-23(11-12-24)15-19-5-7-20(22)8-6-19/h5-8,16-18H,4,9-15H2,1-3H3. The van der Waals surface area contributed by atoms with Crippen molar-refractivity contribution in [3.63, 3.8) is 0 Å². The van der Waals surface area contributed by atoms with Gasteiger partial charge in [-0.05, 0) is 51.4 Å². The molecule has 1 amide bonds. The number of ether oxygens (including phenoxy) is 1. The molecule has 2 aliphatic heterocycles. The molecule has 1 aromatic carbocycles. The van der Waals surface area contributed by atoms with E-state index in [-0.39, 0.29) is 30.0 Å². The van der Waals surface area contributed by atoms with Crippen LogP contribution in [-0.4, -0.2) is 78.1 Å². The van der Waals surface area contributed by atoms with Crippen LogP contribution in [0.4, 0.5) is 4.39 Å². The molecule has 0 aliphatic carbocycles. The topological polar surface area (TPSA) is 36.0 Å². The van der Waals surface area contributed by atoms with Gasteiger partial charge in [-0.25, -0.2) is 4.39 Å². The fourth-order valence-corrected chi connectivity index (χ4v) is 4.16. The molecule has 0 bridgehead atoms. The van der Waals surface area contributed by atoms with Gasteiger partial charge in [0.1, 0.15) is 5.82 Å². The van der Waals surface area contributed by atoms with Crippen molar-refractivity contribution in [2.24, 2.45) is 0 Å². The van der Waals surface area contributed by atoms with Crippen LogP contribution in [0.5, 0.6) is 0 Å². The molecule has 2 heterocycles. The predicted octanol–water partition coefficient (Wildman–Crippen LogP) is 2.36. The summed E-state index contributed by atoms with van der Waals surface area (Å²) in [4.78, 5) is 19.6. The number of hydrogen-bond donors (Lipinski definition) is 0. The minimum absolute atomic E-state index is 0.0974. The Kier molecular flexibility index (Phi) is 6.84. The van der Waals surface area contributed by atoms with Crippen LogP contribution in [0.3, 0.4) is 0 Å². The Balaban J connectivity index is 1.53. The van der Waals surface area contributed by atoms with Gasteiger partial charge in [-0.3, -0.25) is 14.6 Å². The van der Waals surface area contributed by atoms with Crippen LogP contribution in [0.15, 0.2) is 24.3 Å². The lowest BCUT2D eigenvalue weighted by molar-refractivity contribution is -0.148. The normalized spacial score (nSPS) is 26.6. The number of carbonyl (C=O) groups is 1. The van der Waals surface area contributed by atoms with E-state index >= 15 is 0 Å². The summed E-state index contributed by atoms with van der Waals surface area (Å²) in [7, 11) is 0. The molecule has 2 aliphatic rings. The predicted molar refractivity (Wildman–Crippen MR) is 104 cm³/mol. The van der Waals surface area contributed by atoms with Crippen molar-refractivity contribution in [2.45, 2.75) is 52.0 Å². The fourth-order valence-electron chi connectivity index (χ4n) is 4.16. The highest BCUT2D eigenvalue weighted by Gasteiger charge is 2.32. The van der Waals surface area contributed by atoms with E-state index in [9.17, 15) is 9.18 Å². The molecule has 2 fully saturated rings. The van der Waals surface area contributed by atoms with E-state index in [1.807, 2.05) is 37.8 Å². The summed E-state index contributed by atoms with van der Waals surface area (Å²) in [6.45, 7) is 12.0. The second kappa shape index (κ2) is 9.13. The average Bonchev–Trinajstić information content (AvgIpc) is 2.87. The Bertz CT molecular complexity index is 614. The zero-order valence-electron chi connectivity index (χ0n) is 16.7. The van der Waals surface area contributed by atoms with Gasteiger partial charge in [0.15, 0.2) is 0 Å². The number of benzene rings is 1. The second-order valence-electron chi connectivity index (χ2n) is 7.97. The van der Waals surface area contributed by atoms with Crippen LogP contribution in [0.25, 0.3) is 0 Å². The minimum atomic E-state index is -0.195. The highest BCUT2D eigenvalue weighted by Crippen LogP contribution is 2.16. The van der Waals surface area contributed by atoms with Crippen molar-refractivity contribution >= 4 is 5.91 Å². The maximum atomic E-state index is 13.1. The van der Waals surface area contributed by atoms with E-state index in [0.29, 0.717) is 13.1 Å². The summed E-state index contributed by atoms with van der Waals surface area (Å²) in [6, 6.07) is 6.64. The molecule has 150 valence electrons. The maximum absolute atomic E-state index is 13.1. The van der Waals surface area contributed by atoms with Crippen LogP contribution in [0, 0.1) is 5.82 Å². The van der Waals surface area contributed by atoms with Gasteiger partial charge in [-0.1, -0.05) is 12.1 Å². The molecule has 0 spiro atoms. The van der Waals surface area contributed by atoms with E-state index in [0.717, 1.165) is 44.7 Å². The zero-order chi connectivity index (χ0) is 19.4. The van der Waals surface area contributed by atoms with E-state index in [4.69, 9.17) is 4.74 Å². The number of rotatable bonds is 4. The molecule has 6 heteroatoms. The monoisotopic (exact) mass is 377 g/mol. The van der Waals surface area contributed by atoms with Crippen molar-refractivity contribution in [3.8, 4) is 0 Å². The van der Waals surface area contributed by atoms with Gasteiger partial charge in [-0.15, -0.1) is 0 Å². The molecular formula is C21H32FN3O2.